The van der Waals surface area contributed by atoms with E-state index in [9.17, 15) is 19.5 Å². The Bertz CT molecular complexity index is 2620. The van der Waals surface area contributed by atoms with E-state index < -0.39 is 30.1 Å². The van der Waals surface area contributed by atoms with Crippen LogP contribution in [0.25, 0.3) is 11.1 Å². The average Bonchev–Trinajstić information content (AvgIpc) is 3.66. The number of rotatable bonds is 12. The third-order valence-electron chi connectivity index (χ3n) is 11.0. The lowest BCUT2D eigenvalue weighted by Crippen LogP contribution is -2.54. The Kier molecular flexibility index (Phi) is 11.7. The zero-order chi connectivity index (χ0) is 41.9. The maximum Gasteiger partial charge on any atom is 0.326 e. The number of hydrogen-bond donors (Lipinski definition) is 2. The summed E-state index contributed by atoms with van der Waals surface area (Å²) in [5.74, 6) is 0.329. The smallest absolute Gasteiger partial charge is 0.326 e. The molecule has 0 radical (unpaired) electrons. The maximum atomic E-state index is 14.2. The number of aromatic nitrogens is 2. The number of aryl methyl sites for hydroxylation is 1. The summed E-state index contributed by atoms with van der Waals surface area (Å²) in [4.78, 5) is 46.8. The normalized spacial score (nSPS) is 16.5. The number of carboxylic acids is 1. The standard InChI is InChI=1S/C47H39Cl2N5O6/c1-53-17-16-51-44(53)26-54-25-36-23-43-35(22-42(55)45(60-43)33-11-13-37(14-12-33)59-27-30-6-15-38(48)39(49)18-30)20-34(36)21-41(54)46(56)52-40(47(57)58)19-28-2-7-31(8-3-28)32-9-4-29(24-50)5-10-32/h2-18,20,23,40-41,45H,19,21-22,25-27H2,1H3,(H,52,56)(H,57,58)/t40-,41-,45?/m0/s1. The lowest BCUT2D eigenvalue weighted by atomic mass is 9.88. The fourth-order valence-electron chi connectivity index (χ4n) is 7.66. The Balaban J connectivity index is 0.974. The number of nitrogens with one attached hydrogen (secondary N) is 1. The van der Waals surface area contributed by atoms with Gasteiger partial charge in [0.25, 0.3) is 0 Å². The topological polar surface area (TPSA) is 147 Å². The molecular formula is C47H39Cl2N5O6. The lowest BCUT2D eigenvalue weighted by Gasteiger charge is -2.37. The van der Waals surface area contributed by atoms with E-state index in [0.717, 1.165) is 44.8 Å². The minimum absolute atomic E-state index is 0.0833. The van der Waals surface area contributed by atoms with E-state index in [0.29, 0.717) is 58.8 Å². The fourth-order valence-corrected chi connectivity index (χ4v) is 7.98. The second-order valence-electron chi connectivity index (χ2n) is 15.0. The molecule has 3 atom stereocenters. The Morgan fingerprint density at radius 1 is 0.933 bits per heavy atom. The van der Waals surface area contributed by atoms with Gasteiger partial charge in [0.05, 0.1) is 34.3 Å². The van der Waals surface area contributed by atoms with Crippen LogP contribution >= 0.6 is 23.2 Å². The van der Waals surface area contributed by atoms with Crippen molar-refractivity contribution in [2.45, 2.75) is 57.1 Å². The van der Waals surface area contributed by atoms with E-state index in [2.05, 4.69) is 16.4 Å². The minimum atomic E-state index is -1.18. The van der Waals surface area contributed by atoms with Gasteiger partial charge in [0.1, 0.15) is 30.0 Å². The van der Waals surface area contributed by atoms with Crippen molar-refractivity contribution in [3.05, 3.63) is 170 Å². The van der Waals surface area contributed by atoms with Gasteiger partial charge in [-0.15, -0.1) is 0 Å². The van der Waals surface area contributed by atoms with Crippen molar-refractivity contribution in [2.24, 2.45) is 7.05 Å². The van der Waals surface area contributed by atoms with Crippen molar-refractivity contribution in [3.63, 3.8) is 0 Å². The number of carboxylic acid groups (broad SMARTS) is 1. The van der Waals surface area contributed by atoms with E-state index in [1.807, 2.05) is 89.4 Å². The summed E-state index contributed by atoms with van der Waals surface area (Å²) in [7, 11) is 1.89. The molecule has 302 valence electrons. The molecule has 2 N–H and O–H groups in total. The molecule has 0 saturated heterocycles. The van der Waals surface area contributed by atoms with Crippen LogP contribution in [0.2, 0.25) is 10.0 Å². The lowest BCUT2D eigenvalue weighted by molar-refractivity contribution is -0.143. The van der Waals surface area contributed by atoms with Crippen LogP contribution in [-0.4, -0.2) is 49.3 Å². The summed E-state index contributed by atoms with van der Waals surface area (Å²) >= 11 is 12.2. The van der Waals surface area contributed by atoms with Gasteiger partial charge in [-0.05, 0) is 82.3 Å². The van der Waals surface area contributed by atoms with Gasteiger partial charge in [-0.2, -0.15) is 5.26 Å². The average molecular weight is 841 g/mol. The largest absolute Gasteiger partial charge is 0.489 e. The number of benzene rings is 5. The second kappa shape index (κ2) is 17.4. The van der Waals surface area contributed by atoms with Gasteiger partial charge in [0.15, 0.2) is 11.9 Å². The van der Waals surface area contributed by atoms with Gasteiger partial charge >= 0.3 is 5.97 Å². The molecule has 1 aromatic heterocycles. The Labute approximate surface area is 356 Å². The van der Waals surface area contributed by atoms with Crippen molar-refractivity contribution in [2.75, 3.05) is 0 Å². The quantitative estimate of drug-likeness (QED) is 0.126. The number of ketones is 1. The Hall–Kier alpha value is -6.45. The Morgan fingerprint density at radius 2 is 1.65 bits per heavy atom. The number of amides is 1. The van der Waals surface area contributed by atoms with Crippen LogP contribution in [0.4, 0.5) is 0 Å². The minimum Gasteiger partial charge on any atom is -0.489 e. The molecule has 1 unspecified atom stereocenters. The molecule has 8 rings (SSSR count). The van der Waals surface area contributed by atoms with Crippen LogP contribution in [0.1, 0.15) is 50.9 Å². The van der Waals surface area contributed by atoms with Gasteiger partial charge in [0, 0.05) is 50.0 Å². The van der Waals surface area contributed by atoms with E-state index in [-0.39, 0.29) is 18.6 Å². The highest BCUT2D eigenvalue weighted by molar-refractivity contribution is 6.42. The monoisotopic (exact) mass is 839 g/mol. The van der Waals surface area contributed by atoms with Crippen LogP contribution < -0.4 is 14.8 Å². The number of imidazole rings is 1. The fraction of sp³-hybridized carbons (Fsp3) is 0.213. The van der Waals surface area contributed by atoms with Crippen molar-refractivity contribution < 1.29 is 29.0 Å². The number of carbonyl (C=O) groups is 3. The highest BCUT2D eigenvalue weighted by atomic mass is 35.5. The van der Waals surface area contributed by atoms with Crippen molar-refractivity contribution in [3.8, 4) is 28.7 Å². The molecule has 11 nitrogen and oxygen atoms in total. The molecule has 0 bridgehead atoms. The van der Waals surface area contributed by atoms with Crippen LogP contribution in [-0.2, 0) is 60.4 Å². The van der Waals surface area contributed by atoms with Gasteiger partial charge in [-0.1, -0.05) is 83.9 Å². The second-order valence-corrected chi connectivity index (χ2v) is 15.9. The first-order chi connectivity index (χ1) is 29.0. The number of halogens is 2. The number of nitrogens with zero attached hydrogens (tertiary/aromatic N) is 4. The number of fused-ring (bicyclic) bond motifs is 2. The van der Waals surface area contributed by atoms with Gasteiger partial charge < -0.3 is 24.5 Å². The summed E-state index contributed by atoms with van der Waals surface area (Å²) in [5.41, 5.74) is 7.32. The molecule has 0 spiro atoms. The number of Topliss-reactive ketones (excluding diaryl/α,β-unsaturated/α-hetero) is 1. The first-order valence-electron chi connectivity index (χ1n) is 19.3. The summed E-state index contributed by atoms with van der Waals surface area (Å²) in [6, 6.07) is 31.4. The van der Waals surface area contributed by atoms with Crippen molar-refractivity contribution in [1.29, 1.82) is 5.26 Å². The first kappa shape index (κ1) is 40.3. The maximum absolute atomic E-state index is 14.2. The molecular weight excluding hydrogens is 801 g/mol. The van der Waals surface area contributed by atoms with E-state index >= 15 is 0 Å². The molecule has 0 saturated carbocycles. The number of aliphatic carboxylic acids is 1. The third kappa shape index (κ3) is 8.92. The highest BCUT2D eigenvalue weighted by Crippen LogP contribution is 2.38. The number of nitriles is 1. The zero-order valence-electron chi connectivity index (χ0n) is 32.5. The predicted molar refractivity (Wildman–Crippen MR) is 226 cm³/mol. The third-order valence-corrected chi connectivity index (χ3v) is 11.7. The van der Waals surface area contributed by atoms with E-state index in [1.165, 1.54) is 0 Å². The summed E-state index contributed by atoms with van der Waals surface area (Å²) in [6.45, 7) is 1.01. The molecule has 0 fully saturated rings. The number of hydrogen-bond acceptors (Lipinski definition) is 8. The molecule has 60 heavy (non-hydrogen) atoms. The van der Waals surface area contributed by atoms with Crippen LogP contribution in [0, 0.1) is 11.3 Å². The first-order valence-corrected chi connectivity index (χ1v) is 20.1. The van der Waals surface area contributed by atoms with Crippen molar-refractivity contribution >= 4 is 40.9 Å². The van der Waals surface area contributed by atoms with Gasteiger partial charge in [-0.3, -0.25) is 14.5 Å². The van der Waals surface area contributed by atoms with Crippen molar-refractivity contribution in [1.82, 2.24) is 19.8 Å². The SMILES string of the molecule is Cn1ccnc1CN1Cc2cc3c(cc2C[C@H]1C(=O)N[C@@H](Cc1ccc(-c2ccc(C#N)cc2)cc1)C(=O)O)CC(=O)C(c1ccc(OCc2ccc(Cl)c(Cl)c2)cc1)O3. The molecule has 1 amide bonds. The molecule has 13 heteroatoms. The predicted octanol–water partition coefficient (Wildman–Crippen LogP) is 7.83. The molecule has 2 aliphatic rings. The van der Waals surface area contributed by atoms with Crippen LogP contribution in [0.15, 0.2) is 116 Å². The van der Waals surface area contributed by atoms with Gasteiger partial charge in [0.2, 0.25) is 5.91 Å². The number of ether oxygens (including phenoxy) is 2. The van der Waals surface area contributed by atoms with E-state index in [4.69, 9.17) is 37.9 Å². The number of carbonyl (C=O) groups excluding carboxylic acids is 2. The molecule has 2 aliphatic heterocycles. The molecule has 5 aromatic carbocycles. The van der Waals surface area contributed by atoms with Crippen LogP contribution in [0.5, 0.6) is 11.5 Å². The summed E-state index contributed by atoms with van der Waals surface area (Å²) in [6.07, 6.45) is 3.27. The van der Waals surface area contributed by atoms with Gasteiger partial charge in [-0.25, -0.2) is 9.78 Å². The zero-order valence-corrected chi connectivity index (χ0v) is 34.0. The summed E-state index contributed by atoms with van der Waals surface area (Å²) < 4.78 is 14.2. The summed E-state index contributed by atoms with van der Waals surface area (Å²) in [5, 5.41) is 23.1. The molecule has 0 aliphatic carbocycles. The Morgan fingerprint density at radius 3 is 2.32 bits per heavy atom. The highest BCUT2D eigenvalue weighted by Gasteiger charge is 2.37. The molecule has 3 heterocycles. The van der Waals surface area contributed by atoms with Crippen LogP contribution in [0.3, 0.4) is 0 Å². The van der Waals surface area contributed by atoms with E-state index in [1.54, 1.807) is 42.6 Å². The molecule has 6 aromatic rings.